The number of rotatable bonds is 3. The van der Waals surface area contributed by atoms with Crippen LogP contribution >= 0.6 is 0 Å². The van der Waals surface area contributed by atoms with Gasteiger partial charge >= 0.3 is 5.97 Å². The Labute approximate surface area is 131 Å². The number of carbonyl (C=O) groups excluding carboxylic acids is 2. The first-order chi connectivity index (χ1) is 10.9. The fraction of sp³-hybridized carbons (Fsp3) is 0.176. The van der Waals surface area contributed by atoms with Crippen LogP contribution in [-0.2, 0) is 4.74 Å². The van der Waals surface area contributed by atoms with Crippen LogP contribution in [0.3, 0.4) is 0 Å². The van der Waals surface area contributed by atoms with E-state index < -0.39 is 17.6 Å². The first-order valence-electron chi connectivity index (χ1n) is 6.87. The van der Waals surface area contributed by atoms with Gasteiger partial charge in [-0.15, -0.1) is 0 Å². The molecule has 3 rings (SSSR count). The number of cyclic esters (lactones) is 1. The van der Waals surface area contributed by atoms with E-state index in [1.54, 1.807) is 13.8 Å². The Hall–Kier alpha value is -2.89. The number of fused-ring (bicyclic) bond motifs is 1. The molecule has 2 aromatic carbocycles. The van der Waals surface area contributed by atoms with E-state index in [9.17, 15) is 14.0 Å². The van der Waals surface area contributed by atoms with Gasteiger partial charge < -0.3 is 14.2 Å². The van der Waals surface area contributed by atoms with Crippen molar-refractivity contribution >= 4 is 12.3 Å². The fourth-order valence-electron chi connectivity index (χ4n) is 2.18. The number of halogens is 1. The minimum Gasteiger partial charge on any atom is -0.454 e. The van der Waals surface area contributed by atoms with Crippen LogP contribution in [0.1, 0.15) is 34.6 Å². The minimum atomic E-state index is -1.08. The predicted octanol–water partition coefficient (Wildman–Crippen LogP) is 3.72. The molecular formula is C17H13FO5. The van der Waals surface area contributed by atoms with Crippen molar-refractivity contribution in [2.45, 2.75) is 19.6 Å². The maximum Gasteiger partial charge on any atom is 0.345 e. The van der Waals surface area contributed by atoms with Crippen molar-refractivity contribution in [2.24, 2.45) is 0 Å². The van der Waals surface area contributed by atoms with E-state index in [0.717, 1.165) is 6.07 Å². The van der Waals surface area contributed by atoms with Crippen LogP contribution in [0.15, 0.2) is 36.4 Å². The number of ether oxygens (including phenoxy) is 3. The molecule has 5 nitrogen and oxygen atoms in total. The molecule has 1 aliphatic heterocycles. The van der Waals surface area contributed by atoms with Crippen LogP contribution in [-0.4, -0.2) is 18.0 Å². The molecule has 118 valence electrons. The second kappa shape index (κ2) is 5.39. The summed E-state index contributed by atoms with van der Waals surface area (Å²) < 4.78 is 30.0. The van der Waals surface area contributed by atoms with Gasteiger partial charge in [0.25, 0.3) is 0 Å². The summed E-state index contributed by atoms with van der Waals surface area (Å²) in [5, 5.41) is 0. The van der Waals surface area contributed by atoms with E-state index >= 15 is 0 Å². The molecule has 23 heavy (non-hydrogen) atoms. The highest BCUT2D eigenvalue weighted by Crippen LogP contribution is 2.35. The van der Waals surface area contributed by atoms with Crippen molar-refractivity contribution in [3.8, 4) is 17.2 Å². The topological polar surface area (TPSA) is 61.8 Å². The van der Waals surface area contributed by atoms with E-state index in [-0.39, 0.29) is 16.9 Å². The van der Waals surface area contributed by atoms with E-state index in [0.29, 0.717) is 17.8 Å². The molecule has 6 heteroatoms. The fourth-order valence-corrected chi connectivity index (χ4v) is 2.18. The van der Waals surface area contributed by atoms with E-state index in [4.69, 9.17) is 14.2 Å². The molecule has 0 fully saturated rings. The van der Waals surface area contributed by atoms with Crippen molar-refractivity contribution in [3.63, 3.8) is 0 Å². The molecule has 0 saturated heterocycles. The molecule has 0 amide bonds. The zero-order chi connectivity index (χ0) is 16.6. The average Bonchev–Trinajstić information content (AvgIpc) is 2.47. The lowest BCUT2D eigenvalue weighted by molar-refractivity contribution is -0.127. The number of carbonyl (C=O) groups is 2. The second-order valence-corrected chi connectivity index (χ2v) is 5.46. The summed E-state index contributed by atoms with van der Waals surface area (Å²) in [5.74, 6) is -1.68. The molecular weight excluding hydrogens is 303 g/mol. The summed E-state index contributed by atoms with van der Waals surface area (Å²) in [6.45, 7) is 3.22. The van der Waals surface area contributed by atoms with Gasteiger partial charge in [-0.05, 0) is 30.3 Å². The summed E-state index contributed by atoms with van der Waals surface area (Å²) in [7, 11) is 0. The molecule has 0 bridgehead atoms. The van der Waals surface area contributed by atoms with Gasteiger partial charge in [0.2, 0.25) is 5.79 Å². The highest BCUT2D eigenvalue weighted by molar-refractivity contribution is 5.93. The molecule has 0 radical (unpaired) electrons. The SMILES string of the molecule is CC1(C)OC(=O)c2ccc(Oc3ccc(C=O)cc3F)cc2O1. The molecule has 0 aromatic heterocycles. The van der Waals surface area contributed by atoms with Crippen molar-refractivity contribution < 1.29 is 28.2 Å². The molecule has 1 aliphatic rings. The molecule has 1 heterocycles. The number of esters is 1. The zero-order valence-corrected chi connectivity index (χ0v) is 12.5. The lowest BCUT2D eigenvalue weighted by Crippen LogP contribution is -2.38. The Morgan fingerprint density at radius 2 is 1.91 bits per heavy atom. The second-order valence-electron chi connectivity index (χ2n) is 5.46. The van der Waals surface area contributed by atoms with Crippen molar-refractivity contribution in [1.82, 2.24) is 0 Å². The molecule has 0 saturated carbocycles. The molecule has 0 unspecified atom stereocenters. The highest BCUT2D eigenvalue weighted by atomic mass is 19.1. The zero-order valence-electron chi connectivity index (χ0n) is 12.5. The van der Waals surface area contributed by atoms with Crippen LogP contribution in [0.2, 0.25) is 0 Å². The Balaban J connectivity index is 1.91. The van der Waals surface area contributed by atoms with Gasteiger partial charge in [-0.2, -0.15) is 0 Å². The normalized spacial score (nSPS) is 15.2. The van der Waals surface area contributed by atoms with Crippen LogP contribution in [0.4, 0.5) is 4.39 Å². The maximum atomic E-state index is 13.9. The maximum absolute atomic E-state index is 13.9. The van der Waals surface area contributed by atoms with Gasteiger partial charge in [0.15, 0.2) is 11.6 Å². The van der Waals surface area contributed by atoms with Gasteiger partial charge in [-0.25, -0.2) is 9.18 Å². The number of aldehydes is 1. The van der Waals surface area contributed by atoms with Gasteiger partial charge in [-0.1, -0.05) is 0 Å². The van der Waals surface area contributed by atoms with Gasteiger partial charge in [-0.3, -0.25) is 4.79 Å². The van der Waals surface area contributed by atoms with Crippen molar-refractivity contribution in [3.05, 3.63) is 53.3 Å². The van der Waals surface area contributed by atoms with Crippen molar-refractivity contribution in [1.29, 1.82) is 0 Å². The summed E-state index contributed by atoms with van der Waals surface area (Å²) in [6, 6.07) is 8.37. The summed E-state index contributed by atoms with van der Waals surface area (Å²) in [4.78, 5) is 22.5. The third-order valence-electron chi connectivity index (χ3n) is 3.19. The molecule has 0 N–H and O–H groups in total. The average molecular weight is 316 g/mol. The van der Waals surface area contributed by atoms with E-state index in [2.05, 4.69) is 0 Å². The van der Waals surface area contributed by atoms with Crippen LogP contribution in [0.25, 0.3) is 0 Å². The summed E-state index contributed by atoms with van der Waals surface area (Å²) in [5.41, 5.74) is 0.488. The van der Waals surface area contributed by atoms with Crippen molar-refractivity contribution in [2.75, 3.05) is 0 Å². The Morgan fingerprint density at radius 3 is 2.61 bits per heavy atom. The highest BCUT2D eigenvalue weighted by Gasteiger charge is 2.34. The number of benzene rings is 2. The Morgan fingerprint density at radius 1 is 1.13 bits per heavy atom. The third kappa shape index (κ3) is 3.01. The number of hydrogen-bond donors (Lipinski definition) is 0. The van der Waals surface area contributed by atoms with E-state index in [1.165, 1.54) is 30.3 Å². The monoisotopic (exact) mass is 316 g/mol. The third-order valence-corrected chi connectivity index (χ3v) is 3.19. The van der Waals surface area contributed by atoms with Crippen LogP contribution in [0, 0.1) is 5.82 Å². The first kappa shape index (κ1) is 15.0. The quantitative estimate of drug-likeness (QED) is 0.638. The minimum absolute atomic E-state index is 0.0341. The lowest BCUT2D eigenvalue weighted by atomic mass is 10.1. The standard InChI is InChI=1S/C17H13FO5/c1-17(2)22-15-8-11(4-5-12(15)16(20)23-17)21-14-6-3-10(9-19)7-13(14)18/h3-9H,1-2H3. The van der Waals surface area contributed by atoms with Crippen LogP contribution in [0.5, 0.6) is 17.2 Å². The number of hydrogen-bond acceptors (Lipinski definition) is 5. The molecule has 0 aliphatic carbocycles. The predicted molar refractivity (Wildman–Crippen MR) is 78.4 cm³/mol. The lowest BCUT2D eigenvalue weighted by Gasteiger charge is -2.31. The van der Waals surface area contributed by atoms with Gasteiger partial charge in [0.05, 0.1) is 0 Å². The Bertz CT molecular complexity index is 798. The van der Waals surface area contributed by atoms with Gasteiger partial charge in [0.1, 0.15) is 23.3 Å². The smallest absolute Gasteiger partial charge is 0.345 e. The largest absolute Gasteiger partial charge is 0.454 e. The molecule has 2 aromatic rings. The Kier molecular flexibility index (Phi) is 3.52. The molecule has 0 spiro atoms. The van der Waals surface area contributed by atoms with Crippen LogP contribution < -0.4 is 9.47 Å². The first-order valence-corrected chi connectivity index (χ1v) is 6.87. The molecule has 0 atom stereocenters. The summed E-state index contributed by atoms with van der Waals surface area (Å²) >= 11 is 0. The van der Waals surface area contributed by atoms with Gasteiger partial charge in [0, 0.05) is 25.5 Å². The van der Waals surface area contributed by atoms with E-state index in [1.807, 2.05) is 0 Å². The summed E-state index contributed by atoms with van der Waals surface area (Å²) in [6.07, 6.45) is 0.549.